The highest BCUT2D eigenvalue weighted by atomic mass is 16.5. The maximum atomic E-state index is 13.0. The van der Waals surface area contributed by atoms with E-state index in [9.17, 15) is 4.79 Å². The van der Waals surface area contributed by atoms with Crippen LogP contribution in [0.5, 0.6) is 11.5 Å². The number of para-hydroxylation sites is 2. The first-order chi connectivity index (χ1) is 13.9. The van der Waals surface area contributed by atoms with E-state index in [0.29, 0.717) is 5.92 Å². The third-order valence-electron chi connectivity index (χ3n) is 6.02. The van der Waals surface area contributed by atoms with E-state index in [1.54, 1.807) is 0 Å². The second-order valence-corrected chi connectivity index (χ2v) is 8.25. The second kappa shape index (κ2) is 8.89. The Hall–Kier alpha value is -2.49. The van der Waals surface area contributed by atoms with Gasteiger partial charge in [0.2, 0.25) is 0 Å². The van der Waals surface area contributed by atoms with E-state index >= 15 is 0 Å². The molecule has 1 heterocycles. The van der Waals surface area contributed by atoms with Gasteiger partial charge < -0.3 is 14.8 Å². The first-order valence-electron chi connectivity index (χ1n) is 10.7. The maximum Gasteiger partial charge on any atom is 0.261 e. The molecule has 2 unspecified atom stereocenters. The molecule has 2 atom stereocenters. The summed E-state index contributed by atoms with van der Waals surface area (Å²) < 4.78 is 12.4. The first-order valence-corrected chi connectivity index (χ1v) is 10.7. The molecule has 2 aromatic carbocycles. The van der Waals surface area contributed by atoms with E-state index in [4.69, 9.17) is 9.47 Å². The molecule has 0 radical (unpaired) electrons. The molecule has 0 saturated carbocycles. The van der Waals surface area contributed by atoms with Crippen LogP contribution < -0.4 is 14.8 Å². The summed E-state index contributed by atoms with van der Waals surface area (Å²) in [5, 5.41) is 3.22. The molecular weight excluding hydrogens is 362 g/mol. The fourth-order valence-electron chi connectivity index (χ4n) is 4.03. The number of carbonyl (C=O) groups is 1. The van der Waals surface area contributed by atoms with Gasteiger partial charge in [-0.3, -0.25) is 4.79 Å². The van der Waals surface area contributed by atoms with E-state index in [0.717, 1.165) is 41.9 Å². The molecule has 0 saturated heterocycles. The van der Waals surface area contributed by atoms with Gasteiger partial charge in [0.05, 0.1) is 6.04 Å². The van der Waals surface area contributed by atoms with Crippen molar-refractivity contribution >= 4 is 5.91 Å². The molecule has 156 valence electrons. The minimum absolute atomic E-state index is 0.0845. The van der Waals surface area contributed by atoms with E-state index in [2.05, 4.69) is 39.1 Å². The molecule has 2 aromatic rings. The normalized spacial score (nSPS) is 18.5. The van der Waals surface area contributed by atoms with Crippen molar-refractivity contribution in [3.8, 4) is 11.5 Å². The number of hydrogen-bond acceptors (Lipinski definition) is 3. The lowest BCUT2D eigenvalue weighted by Gasteiger charge is -2.42. The van der Waals surface area contributed by atoms with E-state index in [1.165, 1.54) is 0 Å². The Balaban J connectivity index is 1.77. The highest BCUT2D eigenvalue weighted by molar-refractivity contribution is 5.81. The average molecular weight is 396 g/mol. The summed E-state index contributed by atoms with van der Waals surface area (Å²) in [7, 11) is 0. The summed E-state index contributed by atoms with van der Waals surface area (Å²) in [5.74, 6) is 1.87. The fourth-order valence-corrected chi connectivity index (χ4v) is 4.03. The Labute approximate surface area is 174 Å². The number of fused-ring (bicyclic) bond motifs is 1. The van der Waals surface area contributed by atoms with Gasteiger partial charge in [0.1, 0.15) is 17.1 Å². The van der Waals surface area contributed by atoms with Crippen LogP contribution >= 0.6 is 0 Å². The SMILES string of the molecule is CCC1(CC)CC(NC(=O)C(C)Oc2ccccc2C(C)C)c2ccccc2O1. The topological polar surface area (TPSA) is 47.6 Å². The Morgan fingerprint density at radius 3 is 2.45 bits per heavy atom. The summed E-state index contributed by atoms with van der Waals surface area (Å²) in [6.07, 6.45) is 1.98. The zero-order chi connectivity index (χ0) is 21.0. The van der Waals surface area contributed by atoms with Gasteiger partial charge in [0.15, 0.2) is 6.10 Å². The van der Waals surface area contributed by atoms with Crippen molar-refractivity contribution in [1.82, 2.24) is 5.32 Å². The Kier molecular flexibility index (Phi) is 6.51. The van der Waals surface area contributed by atoms with Gasteiger partial charge in [-0.1, -0.05) is 64.1 Å². The lowest BCUT2D eigenvalue weighted by Crippen LogP contribution is -2.47. The quantitative estimate of drug-likeness (QED) is 0.647. The van der Waals surface area contributed by atoms with Gasteiger partial charge >= 0.3 is 0 Å². The van der Waals surface area contributed by atoms with Crippen LogP contribution in [-0.4, -0.2) is 17.6 Å². The van der Waals surface area contributed by atoms with Gasteiger partial charge in [0, 0.05) is 12.0 Å². The van der Waals surface area contributed by atoms with Gasteiger partial charge in [-0.15, -0.1) is 0 Å². The largest absolute Gasteiger partial charge is 0.487 e. The standard InChI is InChI=1S/C25H33NO3/c1-6-25(7-2)16-21(20-13-9-11-15-23(20)29-25)26-24(27)18(5)28-22-14-10-8-12-19(22)17(3)4/h8-15,17-18,21H,6-7,16H2,1-5H3,(H,26,27). The van der Waals surface area contributed by atoms with Crippen molar-refractivity contribution in [3.63, 3.8) is 0 Å². The minimum atomic E-state index is -0.581. The number of rotatable bonds is 7. The van der Waals surface area contributed by atoms with Gasteiger partial charge in [-0.2, -0.15) is 0 Å². The molecule has 3 rings (SSSR count). The predicted octanol–water partition coefficient (Wildman–Crippen LogP) is 5.78. The summed E-state index contributed by atoms with van der Waals surface area (Å²) in [6.45, 7) is 10.3. The summed E-state index contributed by atoms with van der Waals surface area (Å²) in [4.78, 5) is 13.0. The smallest absolute Gasteiger partial charge is 0.261 e. The molecule has 29 heavy (non-hydrogen) atoms. The van der Waals surface area contributed by atoms with Crippen LogP contribution in [-0.2, 0) is 4.79 Å². The average Bonchev–Trinajstić information content (AvgIpc) is 2.73. The molecule has 0 spiro atoms. The zero-order valence-electron chi connectivity index (χ0n) is 18.2. The lowest BCUT2D eigenvalue weighted by atomic mass is 9.83. The molecule has 0 aliphatic carbocycles. The minimum Gasteiger partial charge on any atom is -0.487 e. The Morgan fingerprint density at radius 2 is 1.76 bits per heavy atom. The molecule has 1 amide bonds. The van der Waals surface area contributed by atoms with Gasteiger partial charge in [-0.25, -0.2) is 0 Å². The van der Waals surface area contributed by atoms with E-state index in [1.807, 2.05) is 49.4 Å². The monoisotopic (exact) mass is 395 g/mol. The number of benzene rings is 2. The summed E-state index contributed by atoms with van der Waals surface area (Å²) in [6, 6.07) is 15.8. The van der Waals surface area contributed by atoms with Crippen molar-refractivity contribution in [3.05, 3.63) is 59.7 Å². The molecule has 0 aromatic heterocycles. The number of hydrogen-bond donors (Lipinski definition) is 1. The molecule has 0 fully saturated rings. The van der Waals surface area contributed by atoms with Crippen LogP contribution in [0.25, 0.3) is 0 Å². The summed E-state index contributed by atoms with van der Waals surface area (Å²) in [5.41, 5.74) is 1.90. The Morgan fingerprint density at radius 1 is 1.10 bits per heavy atom. The molecule has 1 N–H and O–H groups in total. The highest BCUT2D eigenvalue weighted by Crippen LogP contribution is 2.42. The van der Waals surface area contributed by atoms with Gasteiger partial charge in [0.25, 0.3) is 5.91 Å². The molecule has 1 aliphatic heterocycles. The Bertz CT molecular complexity index is 841. The predicted molar refractivity (Wildman–Crippen MR) is 117 cm³/mol. The van der Waals surface area contributed by atoms with Crippen LogP contribution in [0.3, 0.4) is 0 Å². The van der Waals surface area contributed by atoms with Crippen molar-refractivity contribution in [2.24, 2.45) is 0 Å². The zero-order valence-corrected chi connectivity index (χ0v) is 18.2. The van der Waals surface area contributed by atoms with Crippen molar-refractivity contribution < 1.29 is 14.3 Å². The number of carbonyl (C=O) groups excluding carboxylic acids is 1. The summed E-state index contributed by atoms with van der Waals surface area (Å²) >= 11 is 0. The van der Waals surface area contributed by atoms with Gasteiger partial charge in [-0.05, 0) is 43.4 Å². The molecular formula is C25H33NO3. The third kappa shape index (κ3) is 4.58. The van der Waals surface area contributed by atoms with Crippen LogP contribution in [0.15, 0.2) is 48.5 Å². The fraction of sp³-hybridized carbons (Fsp3) is 0.480. The molecule has 0 bridgehead atoms. The second-order valence-electron chi connectivity index (χ2n) is 8.25. The van der Waals surface area contributed by atoms with Crippen LogP contribution in [0.2, 0.25) is 0 Å². The molecule has 4 heteroatoms. The van der Waals surface area contributed by atoms with Crippen molar-refractivity contribution in [1.29, 1.82) is 0 Å². The van der Waals surface area contributed by atoms with Crippen LogP contribution in [0.4, 0.5) is 0 Å². The van der Waals surface area contributed by atoms with Crippen molar-refractivity contribution in [2.45, 2.75) is 77.5 Å². The lowest BCUT2D eigenvalue weighted by molar-refractivity contribution is -0.128. The molecule has 4 nitrogen and oxygen atoms in total. The van der Waals surface area contributed by atoms with E-state index < -0.39 is 6.10 Å². The van der Waals surface area contributed by atoms with E-state index in [-0.39, 0.29) is 17.6 Å². The van der Waals surface area contributed by atoms with Crippen molar-refractivity contribution in [2.75, 3.05) is 0 Å². The number of nitrogens with one attached hydrogen (secondary N) is 1. The number of ether oxygens (including phenoxy) is 2. The van der Waals surface area contributed by atoms with Crippen LogP contribution in [0, 0.1) is 0 Å². The maximum absolute atomic E-state index is 13.0. The highest BCUT2D eigenvalue weighted by Gasteiger charge is 2.39. The number of amides is 1. The third-order valence-corrected chi connectivity index (χ3v) is 6.02. The first kappa shape index (κ1) is 21.2. The van der Waals surface area contributed by atoms with Crippen LogP contribution in [0.1, 0.15) is 77.0 Å². The molecule has 1 aliphatic rings.